The van der Waals surface area contributed by atoms with Crippen molar-refractivity contribution in [1.82, 2.24) is 4.98 Å². The Hall–Kier alpha value is -3.32. The fraction of sp³-hybridized carbons (Fsp3) is 0.0645. The van der Waals surface area contributed by atoms with Crippen molar-refractivity contribution in [2.75, 3.05) is 0 Å². The van der Waals surface area contributed by atoms with Crippen LogP contribution in [0.25, 0.3) is 33.5 Å². The predicted octanol–water partition coefficient (Wildman–Crippen LogP) is 8.44. The van der Waals surface area contributed by atoms with Crippen LogP contribution in [0.3, 0.4) is 0 Å². The molecular formula is C31H28IrN. The molecule has 0 aliphatic heterocycles. The first-order valence-corrected chi connectivity index (χ1v) is 9.82. The number of rotatable bonds is 3. The van der Waals surface area contributed by atoms with E-state index in [0.29, 0.717) is 0 Å². The van der Waals surface area contributed by atoms with Gasteiger partial charge < -0.3 is 4.98 Å². The number of nitrogens with zero attached hydrogens (tertiary/aromatic N) is 1. The van der Waals surface area contributed by atoms with Crippen molar-refractivity contribution in [2.45, 2.75) is 14.9 Å². The number of benzene rings is 4. The first-order chi connectivity index (χ1) is 14.9. The van der Waals surface area contributed by atoms with Gasteiger partial charge in [0.2, 0.25) is 0 Å². The Morgan fingerprint density at radius 1 is 0.485 bits per heavy atom. The van der Waals surface area contributed by atoms with Gasteiger partial charge >= 0.3 is 20.1 Å². The summed E-state index contributed by atoms with van der Waals surface area (Å²) in [6, 6.07) is 47.7. The first-order valence-electron chi connectivity index (χ1n) is 9.82. The summed E-state index contributed by atoms with van der Waals surface area (Å²) in [6.45, 7) is 0. The standard InChI is InChI=1S/C17H12N.C12H8.2CH4.Ir/c1-3-7-14(8-4-1)16-11-12-18-17(13-16)15-9-5-2-6-10-15;1-3-7-11(8-4-1)12-9-5-2-6-10-12;;;/h1-9,11-13H;1-7,9H;2*1H4;/q-1;-2;;;+3. The minimum atomic E-state index is 0. The van der Waals surface area contributed by atoms with Crippen LogP contribution in [0.2, 0.25) is 0 Å². The Labute approximate surface area is 212 Å². The first kappa shape index (κ1) is 27.7. The maximum absolute atomic E-state index is 4.40. The quantitative estimate of drug-likeness (QED) is 0.188. The van der Waals surface area contributed by atoms with Crippen molar-refractivity contribution < 1.29 is 20.1 Å². The number of hydrogen-bond donors (Lipinski definition) is 0. The van der Waals surface area contributed by atoms with Gasteiger partial charge in [-0.05, 0) is 22.9 Å². The van der Waals surface area contributed by atoms with Gasteiger partial charge in [0.15, 0.2) is 0 Å². The van der Waals surface area contributed by atoms with Crippen molar-refractivity contribution in [2.24, 2.45) is 0 Å². The minimum Gasteiger partial charge on any atom is -0.305 e. The van der Waals surface area contributed by atoms with E-state index in [1.807, 2.05) is 103 Å². The van der Waals surface area contributed by atoms with E-state index in [0.717, 1.165) is 22.4 Å². The summed E-state index contributed by atoms with van der Waals surface area (Å²) < 4.78 is 0. The second-order valence-electron chi connectivity index (χ2n) is 6.62. The zero-order valence-electron chi connectivity index (χ0n) is 16.8. The minimum absolute atomic E-state index is 0. The van der Waals surface area contributed by atoms with Crippen molar-refractivity contribution in [3.63, 3.8) is 0 Å². The Bertz CT molecular complexity index is 1070. The molecule has 0 aliphatic rings. The second kappa shape index (κ2) is 14.7. The molecule has 0 bridgehead atoms. The topological polar surface area (TPSA) is 12.9 Å². The third-order valence-corrected chi connectivity index (χ3v) is 4.56. The molecule has 5 rings (SSSR count). The molecule has 0 amide bonds. The fourth-order valence-electron chi connectivity index (χ4n) is 3.06. The molecule has 1 nitrogen and oxygen atoms in total. The molecule has 4 aromatic carbocycles. The van der Waals surface area contributed by atoms with Crippen LogP contribution >= 0.6 is 0 Å². The molecule has 166 valence electrons. The van der Waals surface area contributed by atoms with Crippen molar-refractivity contribution in [3.05, 3.63) is 140 Å². The van der Waals surface area contributed by atoms with Crippen molar-refractivity contribution >= 4 is 0 Å². The SMILES string of the molecule is C.C.[Ir+3].[c-]1ccccc1-c1[c-]cccc1.[c-]1ccccc1-c1cc(-c2ccccc2)ccn1. The largest absolute Gasteiger partial charge is 3.00 e. The number of aromatic nitrogens is 1. The molecule has 2 heteroatoms. The number of pyridine rings is 1. The van der Waals surface area contributed by atoms with Crippen LogP contribution in [0.5, 0.6) is 0 Å². The molecule has 33 heavy (non-hydrogen) atoms. The van der Waals surface area contributed by atoms with Crippen LogP contribution in [0.15, 0.2) is 121 Å². The monoisotopic (exact) mass is 607 g/mol. The van der Waals surface area contributed by atoms with Gasteiger partial charge in [-0.3, -0.25) is 0 Å². The van der Waals surface area contributed by atoms with Gasteiger partial charge in [0.25, 0.3) is 0 Å². The molecular weight excluding hydrogens is 579 g/mol. The van der Waals surface area contributed by atoms with Gasteiger partial charge in [-0.15, -0.1) is 48.0 Å². The van der Waals surface area contributed by atoms with E-state index in [2.05, 4.69) is 41.4 Å². The second-order valence-corrected chi connectivity index (χ2v) is 6.62. The van der Waals surface area contributed by atoms with Gasteiger partial charge in [0.1, 0.15) is 0 Å². The molecule has 1 heterocycles. The molecule has 5 aromatic rings. The van der Waals surface area contributed by atoms with E-state index in [1.54, 1.807) is 0 Å². The molecule has 0 fully saturated rings. The van der Waals surface area contributed by atoms with Crippen LogP contribution in [0.4, 0.5) is 0 Å². The summed E-state index contributed by atoms with van der Waals surface area (Å²) in [5.74, 6) is 0. The summed E-state index contributed by atoms with van der Waals surface area (Å²) in [5, 5.41) is 0. The zero-order valence-corrected chi connectivity index (χ0v) is 19.2. The maximum atomic E-state index is 4.40. The zero-order chi connectivity index (χ0) is 20.4. The normalized spacial score (nSPS) is 9.09. The van der Waals surface area contributed by atoms with Gasteiger partial charge in [-0.2, -0.15) is 48.5 Å². The fourth-order valence-corrected chi connectivity index (χ4v) is 3.06. The summed E-state index contributed by atoms with van der Waals surface area (Å²) in [4.78, 5) is 4.40. The summed E-state index contributed by atoms with van der Waals surface area (Å²) >= 11 is 0. The summed E-state index contributed by atoms with van der Waals surface area (Å²) in [5.41, 5.74) is 6.55. The number of hydrogen-bond acceptors (Lipinski definition) is 1. The molecule has 0 spiro atoms. The Kier molecular flexibility index (Phi) is 12.3. The molecule has 0 unspecified atom stereocenters. The Morgan fingerprint density at radius 3 is 1.45 bits per heavy atom. The van der Waals surface area contributed by atoms with E-state index >= 15 is 0 Å². The van der Waals surface area contributed by atoms with Gasteiger partial charge in [-0.25, -0.2) is 11.1 Å². The van der Waals surface area contributed by atoms with Crippen molar-refractivity contribution in [3.8, 4) is 33.5 Å². The molecule has 0 radical (unpaired) electrons. The van der Waals surface area contributed by atoms with E-state index < -0.39 is 0 Å². The third kappa shape index (κ3) is 7.95. The molecule has 0 atom stereocenters. The predicted molar refractivity (Wildman–Crippen MR) is 137 cm³/mol. The van der Waals surface area contributed by atoms with Crippen molar-refractivity contribution in [1.29, 1.82) is 0 Å². The van der Waals surface area contributed by atoms with E-state index in [9.17, 15) is 0 Å². The molecule has 0 saturated carbocycles. The molecule has 0 aliphatic carbocycles. The average molecular weight is 607 g/mol. The molecule has 1 aromatic heterocycles. The van der Waals surface area contributed by atoms with E-state index in [-0.39, 0.29) is 35.0 Å². The Balaban J connectivity index is 0.000000322. The van der Waals surface area contributed by atoms with Gasteiger partial charge in [-0.1, -0.05) is 51.3 Å². The molecule has 0 N–H and O–H groups in total. The van der Waals surface area contributed by atoms with Gasteiger partial charge in [0, 0.05) is 6.20 Å². The van der Waals surface area contributed by atoms with Gasteiger partial charge in [0.05, 0.1) is 0 Å². The summed E-state index contributed by atoms with van der Waals surface area (Å²) in [7, 11) is 0. The summed E-state index contributed by atoms with van der Waals surface area (Å²) in [6.07, 6.45) is 1.85. The van der Waals surface area contributed by atoms with E-state index in [1.165, 1.54) is 11.1 Å². The van der Waals surface area contributed by atoms with Crippen LogP contribution in [0.1, 0.15) is 14.9 Å². The van der Waals surface area contributed by atoms with Crippen LogP contribution in [-0.2, 0) is 20.1 Å². The maximum Gasteiger partial charge on any atom is 3.00 e. The smallest absolute Gasteiger partial charge is 0.305 e. The molecule has 0 saturated heterocycles. The van der Waals surface area contributed by atoms with Crippen LogP contribution in [-0.4, -0.2) is 4.98 Å². The van der Waals surface area contributed by atoms with Crippen LogP contribution < -0.4 is 0 Å². The van der Waals surface area contributed by atoms with E-state index in [4.69, 9.17) is 0 Å². The van der Waals surface area contributed by atoms with Crippen LogP contribution in [0, 0.1) is 18.2 Å². The Morgan fingerprint density at radius 2 is 0.970 bits per heavy atom. The average Bonchev–Trinajstić information content (AvgIpc) is 2.87. The third-order valence-electron chi connectivity index (χ3n) is 4.56.